The zero-order valence-corrected chi connectivity index (χ0v) is 8.54. The summed E-state index contributed by atoms with van der Waals surface area (Å²) in [5.41, 5.74) is 1.13. The van der Waals surface area contributed by atoms with Crippen LogP contribution in [-0.4, -0.2) is 16.3 Å². The molecule has 0 aliphatic rings. The molecule has 1 heterocycles. The van der Waals surface area contributed by atoms with E-state index in [0.29, 0.717) is 0 Å². The number of aryl methyl sites for hydroxylation is 1. The summed E-state index contributed by atoms with van der Waals surface area (Å²) in [6.45, 7) is 1.06. The van der Waals surface area contributed by atoms with Crippen LogP contribution < -0.4 is 0 Å². The van der Waals surface area contributed by atoms with E-state index in [2.05, 4.69) is 4.57 Å². The smallest absolute Gasteiger partial charge is 0.0499 e. The van der Waals surface area contributed by atoms with E-state index in [4.69, 9.17) is 16.7 Å². The molecule has 1 aromatic heterocycles. The lowest BCUT2D eigenvalue weighted by atomic mass is 10.2. The van der Waals surface area contributed by atoms with E-state index in [9.17, 15) is 0 Å². The summed E-state index contributed by atoms with van der Waals surface area (Å²) in [6.07, 6.45) is 2.78. The van der Waals surface area contributed by atoms with Crippen LogP contribution in [0.15, 0.2) is 30.5 Å². The molecule has 0 amide bonds. The average molecular weight is 210 g/mol. The molecule has 2 rings (SSSR count). The third kappa shape index (κ3) is 1.63. The monoisotopic (exact) mass is 209 g/mol. The highest BCUT2D eigenvalue weighted by atomic mass is 35.5. The lowest BCUT2D eigenvalue weighted by Crippen LogP contribution is -1.97. The van der Waals surface area contributed by atoms with Crippen molar-refractivity contribution < 1.29 is 5.11 Å². The van der Waals surface area contributed by atoms with Crippen LogP contribution in [0.5, 0.6) is 0 Å². The number of halogens is 1. The van der Waals surface area contributed by atoms with E-state index in [1.807, 2.05) is 30.5 Å². The molecule has 0 saturated carbocycles. The van der Waals surface area contributed by atoms with Gasteiger partial charge in [0.1, 0.15) is 0 Å². The molecule has 74 valence electrons. The van der Waals surface area contributed by atoms with E-state index < -0.39 is 0 Å². The van der Waals surface area contributed by atoms with E-state index in [0.717, 1.165) is 28.9 Å². The highest BCUT2D eigenvalue weighted by Gasteiger charge is 2.02. The highest BCUT2D eigenvalue weighted by molar-refractivity contribution is 6.35. The van der Waals surface area contributed by atoms with E-state index in [1.165, 1.54) is 0 Å². The Kier molecular flexibility index (Phi) is 2.75. The van der Waals surface area contributed by atoms with Gasteiger partial charge in [0.2, 0.25) is 0 Å². The van der Waals surface area contributed by atoms with Gasteiger partial charge in [0.05, 0.1) is 0 Å². The second kappa shape index (κ2) is 4.03. The molecule has 14 heavy (non-hydrogen) atoms. The van der Waals surface area contributed by atoms with Crippen LogP contribution in [0.2, 0.25) is 5.02 Å². The summed E-state index contributed by atoms with van der Waals surface area (Å²) < 4.78 is 2.11. The van der Waals surface area contributed by atoms with Gasteiger partial charge in [-0.1, -0.05) is 17.7 Å². The topological polar surface area (TPSA) is 25.2 Å². The molecule has 0 saturated heterocycles. The van der Waals surface area contributed by atoms with Crippen LogP contribution in [0.1, 0.15) is 6.42 Å². The molecule has 1 N–H and O–H groups in total. The fourth-order valence-electron chi connectivity index (χ4n) is 1.62. The van der Waals surface area contributed by atoms with Crippen molar-refractivity contribution in [1.82, 2.24) is 4.57 Å². The average Bonchev–Trinajstić information content (AvgIpc) is 2.60. The Bertz CT molecular complexity index is 436. The first-order valence-electron chi connectivity index (χ1n) is 4.67. The van der Waals surface area contributed by atoms with Crippen molar-refractivity contribution in [3.63, 3.8) is 0 Å². The summed E-state index contributed by atoms with van der Waals surface area (Å²) in [6, 6.07) is 7.88. The Balaban J connectivity index is 2.42. The molecule has 0 bridgehead atoms. The fourth-order valence-corrected chi connectivity index (χ4v) is 1.85. The third-order valence-electron chi connectivity index (χ3n) is 2.32. The van der Waals surface area contributed by atoms with E-state index in [1.54, 1.807) is 0 Å². The predicted molar refractivity (Wildman–Crippen MR) is 58.7 cm³/mol. The molecule has 0 aliphatic heterocycles. The molecule has 3 heteroatoms. The molecular weight excluding hydrogens is 198 g/mol. The first kappa shape index (κ1) is 9.56. The van der Waals surface area contributed by atoms with Gasteiger partial charge >= 0.3 is 0 Å². The van der Waals surface area contributed by atoms with E-state index in [-0.39, 0.29) is 6.61 Å². The number of rotatable bonds is 3. The van der Waals surface area contributed by atoms with Gasteiger partial charge < -0.3 is 9.67 Å². The number of fused-ring (bicyclic) bond motifs is 1. The Morgan fingerprint density at radius 1 is 1.29 bits per heavy atom. The number of nitrogens with zero attached hydrogens (tertiary/aromatic N) is 1. The van der Waals surface area contributed by atoms with Crippen molar-refractivity contribution in [2.45, 2.75) is 13.0 Å². The maximum Gasteiger partial charge on any atom is 0.0499 e. The van der Waals surface area contributed by atoms with Crippen molar-refractivity contribution >= 4 is 22.5 Å². The molecule has 0 atom stereocenters. The van der Waals surface area contributed by atoms with Crippen LogP contribution in [-0.2, 0) is 6.54 Å². The normalized spacial score (nSPS) is 11.0. The van der Waals surface area contributed by atoms with Crippen LogP contribution in [0.4, 0.5) is 0 Å². The minimum atomic E-state index is 0.222. The zero-order valence-electron chi connectivity index (χ0n) is 7.78. The molecule has 0 aliphatic carbocycles. The van der Waals surface area contributed by atoms with Gasteiger partial charge in [0, 0.05) is 35.3 Å². The highest BCUT2D eigenvalue weighted by Crippen LogP contribution is 2.24. The van der Waals surface area contributed by atoms with Gasteiger partial charge in [-0.25, -0.2) is 0 Å². The SMILES string of the molecule is OCCCn1ccc2c(Cl)cccc21. The molecule has 0 unspecified atom stereocenters. The number of hydrogen-bond acceptors (Lipinski definition) is 1. The van der Waals surface area contributed by atoms with Crippen LogP contribution in [0.3, 0.4) is 0 Å². The minimum absolute atomic E-state index is 0.222. The predicted octanol–water partition coefficient (Wildman–Crippen LogP) is 2.68. The zero-order chi connectivity index (χ0) is 9.97. The van der Waals surface area contributed by atoms with Crippen molar-refractivity contribution in [3.05, 3.63) is 35.5 Å². The second-order valence-electron chi connectivity index (χ2n) is 3.26. The second-order valence-corrected chi connectivity index (χ2v) is 3.67. The van der Waals surface area contributed by atoms with Gasteiger partial charge in [0.25, 0.3) is 0 Å². The summed E-state index contributed by atoms with van der Waals surface area (Å²) in [5.74, 6) is 0. The van der Waals surface area contributed by atoms with Crippen molar-refractivity contribution in [2.24, 2.45) is 0 Å². The van der Waals surface area contributed by atoms with Crippen molar-refractivity contribution in [2.75, 3.05) is 6.61 Å². The lowest BCUT2D eigenvalue weighted by Gasteiger charge is -2.03. The van der Waals surface area contributed by atoms with Gasteiger partial charge in [-0.2, -0.15) is 0 Å². The Morgan fingerprint density at radius 3 is 2.93 bits per heavy atom. The molecule has 0 fully saturated rings. The van der Waals surface area contributed by atoms with Crippen molar-refractivity contribution in [3.8, 4) is 0 Å². The van der Waals surface area contributed by atoms with E-state index >= 15 is 0 Å². The number of benzene rings is 1. The molecule has 1 aromatic carbocycles. The molecule has 0 spiro atoms. The summed E-state index contributed by atoms with van der Waals surface area (Å²) in [4.78, 5) is 0. The first-order valence-corrected chi connectivity index (χ1v) is 5.05. The Hall–Kier alpha value is -0.990. The largest absolute Gasteiger partial charge is 0.396 e. The standard InChI is InChI=1S/C11H12ClNO/c12-10-3-1-4-11-9(10)5-7-13(11)6-2-8-14/h1,3-5,7,14H,2,6,8H2. The number of aromatic nitrogens is 1. The molecule has 0 radical (unpaired) electrons. The maximum absolute atomic E-state index is 8.75. The quantitative estimate of drug-likeness (QED) is 0.826. The van der Waals surface area contributed by atoms with Crippen molar-refractivity contribution in [1.29, 1.82) is 0 Å². The third-order valence-corrected chi connectivity index (χ3v) is 2.65. The fraction of sp³-hybridized carbons (Fsp3) is 0.273. The Morgan fingerprint density at radius 2 is 2.14 bits per heavy atom. The maximum atomic E-state index is 8.75. The number of aliphatic hydroxyl groups is 1. The first-order chi connectivity index (χ1) is 6.83. The number of aliphatic hydroxyl groups excluding tert-OH is 1. The number of hydrogen-bond donors (Lipinski definition) is 1. The molecule has 2 aromatic rings. The Labute approximate surface area is 87.7 Å². The van der Waals surface area contributed by atoms with Crippen LogP contribution in [0, 0.1) is 0 Å². The molecule has 2 nitrogen and oxygen atoms in total. The van der Waals surface area contributed by atoms with Gasteiger partial charge in [-0.3, -0.25) is 0 Å². The summed E-state index contributed by atoms with van der Waals surface area (Å²) in [7, 11) is 0. The van der Waals surface area contributed by atoms with Gasteiger partial charge in [-0.05, 0) is 24.6 Å². The minimum Gasteiger partial charge on any atom is -0.396 e. The van der Waals surface area contributed by atoms with Gasteiger partial charge in [0.15, 0.2) is 0 Å². The van der Waals surface area contributed by atoms with Gasteiger partial charge in [-0.15, -0.1) is 0 Å². The van der Waals surface area contributed by atoms with Crippen LogP contribution >= 0.6 is 11.6 Å². The van der Waals surface area contributed by atoms with Crippen LogP contribution in [0.25, 0.3) is 10.9 Å². The molecular formula is C11H12ClNO. The lowest BCUT2D eigenvalue weighted by molar-refractivity contribution is 0.280. The summed E-state index contributed by atoms with van der Waals surface area (Å²) in [5, 5.41) is 10.6. The summed E-state index contributed by atoms with van der Waals surface area (Å²) >= 11 is 6.04.